The molecule has 2 aromatic rings. The first kappa shape index (κ1) is 15.1. The number of nitrogens with zero attached hydrogens (tertiary/aromatic N) is 3. The minimum Gasteiger partial charge on any atom is -0.396 e. The zero-order chi connectivity index (χ0) is 15.5. The van der Waals surface area contributed by atoms with Crippen LogP contribution in [0.15, 0.2) is 24.3 Å². The molecular formula is C16H19F2N3O. The number of para-hydroxylation sites is 1. The van der Waals surface area contributed by atoms with E-state index in [1.54, 1.807) is 12.1 Å². The van der Waals surface area contributed by atoms with Gasteiger partial charge < -0.3 is 10.0 Å². The Balaban J connectivity index is 2.10. The third-order valence-corrected chi connectivity index (χ3v) is 4.16. The van der Waals surface area contributed by atoms with Gasteiger partial charge in [-0.15, -0.1) is 0 Å². The fraction of sp³-hybridized carbons (Fsp3) is 0.500. The van der Waals surface area contributed by atoms with E-state index in [-0.39, 0.29) is 12.6 Å². The third-order valence-electron chi connectivity index (χ3n) is 4.16. The van der Waals surface area contributed by atoms with Gasteiger partial charge in [0.1, 0.15) is 5.82 Å². The van der Waals surface area contributed by atoms with Gasteiger partial charge in [-0.2, -0.15) is 0 Å². The number of aliphatic hydroxyl groups excluding tert-OH is 1. The number of aromatic nitrogens is 2. The standard InChI is InChI=1S/C16H19F2N3O/c17-14(18)15-19-13-7-2-1-6-12(13)16(20-15)21-9-4-3-5-11(21)8-10-22/h1-2,6-7,11,14,22H,3-5,8-10H2. The molecule has 1 unspecified atom stereocenters. The smallest absolute Gasteiger partial charge is 0.297 e. The van der Waals surface area contributed by atoms with Crippen LogP contribution in [0.1, 0.15) is 37.9 Å². The number of aliphatic hydroxyl groups is 1. The predicted molar refractivity (Wildman–Crippen MR) is 81.2 cm³/mol. The molecule has 0 amide bonds. The molecule has 1 aromatic heterocycles. The summed E-state index contributed by atoms with van der Waals surface area (Å²) in [7, 11) is 0. The first-order valence-corrected chi connectivity index (χ1v) is 7.63. The van der Waals surface area contributed by atoms with Gasteiger partial charge in [0.2, 0.25) is 0 Å². The lowest BCUT2D eigenvalue weighted by Crippen LogP contribution is -2.41. The molecule has 0 radical (unpaired) electrons. The van der Waals surface area contributed by atoms with Crippen molar-refractivity contribution >= 4 is 16.7 Å². The molecule has 1 aliphatic heterocycles. The Kier molecular flexibility index (Phi) is 4.47. The van der Waals surface area contributed by atoms with Crippen molar-refractivity contribution in [3.8, 4) is 0 Å². The Hall–Kier alpha value is -1.82. The molecule has 118 valence electrons. The molecule has 1 aliphatic rings. The Bertz CT molecular complexity index is 648. The van der Waals surface area contributed by atoms with E-state index >= 15 is 0 Å². The van der Waals surface area contributed by atoms with Gasteiger partial charge in [-0.3, -0.25) is 0 Å². The second-order valence-electron chi connectivity index (χ2n) is 5.58. The van der Waals surface area contributed by atoms with Crippen molar-refractivity contribution in [2.75, 3.05) is 18.1 Å². The molecule has 1 N–H and O–H groups in total. The predicted octanol–water partition coefficient (Wildman–Crippen LogP) is 3.31. The molecule has 0 saturated carbocycles. The lowest BCUT2D eigenvalue weighted by atomic mass is 9.99. The van der Waals surface area contributed by atoms with Gasteiger partial charge in [-0.1, -0.05) is 12.1 Å². The molecule has 0 bridgehead atoms. The molecule has 1 atom stereocenters. The van der Waals surface area contributed by atoms with Gasteiger partial charge in [-0.05, 0) is 37.8 Å². The number of piperidine rings is 1. The number of benzene rings is 1. The molecule has 6 heteroatoms. The number of hydrogen-bond acceptors (Lipinski definition) is 4. The van der Waals surface area contributed by atoms with E-state index in [4.69, 9.17) is 0 Å². The van der Waals surface area contributed by atoms with Crippen molar-refractivity contribution in [3.05, 3.63) is 30.1 Å². The summed E-state index contributed by atoms with van der Waals surface area (Å²) in [6, 6.07) is 7.39. The van der Waals surface area contributed by atoms with E-state index in [2.05, 4.69) is 14.9 Å². The summed E-state index contributed by atoms with van der Waals surface area (Å²) in [6.45, 7) is 0.861. The van der Waals surface area contributed by atoms with Gasteiger partial charge in [0.05, 0.1) is 5.52 Å². The molecule has 0 spiro atoms. The maximum Gasteiger partial charge on any atom is 0.297 e. The summed E-state index contributed by atoms with van der Waals surface area (Å²) in [4.78, 5) is 10.2. The zero-order valence-corrected chi connectivity index (χ0v) is 12.3. The molecule has 1 saturated heterocycles. The fourth-order valence-corrected chi connectivity index (χ4v) is 3.12. The lowest BCUT2D eigenvalue weighted by Gasteiger charge is -2.37. The van der Waals surface area contributed by atoms with Crippen LogP contribution in [-0.4, -0.2) is 34.3 Å². The lowest BCUT2D eigenvalue weighted by molar-refractivity contribution is 0.140. The Labute approximate surface area is 127 Å². The number of fused-ring (bicyclic) bond motifs is 1. The second kappa shape index (κ2) is 6.52. The summed E-state index contributed by atoms with van der Waals surface area (Å²) in [5.74, 6) is 0.140. The van der Waals surface area contributed by atoms with Crippen LogP contribution in [0.4, 0.5) is 14.6 Å². The Morgan fingerprint density at radius 3 is 2.82 bits per heavy atom. The Morgan fingerprint density at radius 1 is 1.23 bits per heavy atom. The average molecular weight is 307 g/mol. The van der Waals surface area contributed by atoms with E-state index in [1.165, 1.54) is 0 Å². The highest BCUT2D eigenvalue weighted by atomic mass is 19.3. The minimum absolute atomic E-state index is 0.0892. The van der Waals surface area contributed by atoms with Crippen LogP contribution in [0.3, 0.4) is 0 Å². The third kappa shape index (κ3) is 2.88. The first-order valence-electron chi connectivity index (χ1n) is 7.63. The second-order valence-corrected chi connectivity index (χ2v) is 5.58. The molecule has 2 heterocycles. The summed E-state index contributed by atoms with van der Waals surface area (Å²) >= 11 is 0. The van der Waals surface area contributed by atoms with Crippen LogP contribution < -0.4 is 4.90 Å². The number of rotatable bonds is 4. The van der Waals surface area contributed by atoms with Crippen LogP contribution >= 0.6 is 0 Å². The topological polar surface area (TPSA) is 49.2 Å². The summed E-state index contributed by atoms with van der Waals surface area (Å²) in [6.07, 6.45) is 0.978. The number of anilines is 1. The van der Waals surface area contributed by atoms with Crippen molar-refractivity contribution in [3.63, 3.8) is 0 Å². The zero-order valence-electron chi connectivity index (χ0n) is 12.3. The average Bonchev–Trinajstić information content (AvgIpc) is 2.54. The SMILES string of the molecule is OCCC1CCCCN1c1nc(C(F)F)nc2ccccc12. The van der Waals surface area contributed by atoms with Crippen LogP contribution in [0, 0.1) is 0 Å². The van der Waals surface area contributed by atoms with Crippen LogP contribution in [0.2, 0.25) is 0 Å². The van der Waals surface area contributed by atoms with Crippen LogP contribution in [0.25, 0.3) is 10.9 Å². The van der Waals surface area contributed by atoms with E-state index in [9.17, 15) is 13.9 Å². The van der Waals surface area contributed by atoms with E-state index in [0.29, 0.717) is 17.8 Å². The molecule has 1 aromatic carbocycles. The molecular weight excluding hydrogens is 288 g/mol. The highest BCUT2D eigenvalue weighted by molar-refractivity contribution is 5.89. The number of halogens is 2. The van der Waals surface area contributed by atoms with Crippen molar-refractivity contribution < 1.29 is 13.9 Å². The van der Waals surface area contributed by atoms with Crippen molar-refractivity contribution in [1.29, 1.82) is 0 Å². The largest absolute Gasteiger partial charge is 0.396 e. The molecule has 4 nitrogen and oxygen atoms in total. The van der Waals surface area contributed by atoms with Crippen molar-refractivity contribution in [2.24, 2.45) is 0 Å². The minimum atomic E-state index is -2.69. The maximum absolute atomic E-state index is 13.1. The van der Waals surface area contributed by atoms with Gasteiger partial charge >= 0.3 is 0 Å². The normalized spacial score (nSPS) is 19.1. The Morgan fingerprint density at radius 2 is 2.05 bits per heavy atom. The maximum atomic E-state index is 13.1. The first-order chi connectivity index (χ1) is 10.7. The monoisotopic (exact) mass is 307 g/mol. The molecule has 0 aliphatic carbocycles. The van der Waals surface area contributed by atoms with Crippen molar-refractivity contribution in [1.82, 2.24) is 9.97 Å². The molecule has 3 rings (SSSR count). The van der Waals surface area contributed by atoms with E-state index in [1.807, 2.05) is 12.1 Å². The van der Waals surface area contributed by atoms with E-state index in [0.717, 1.165) is 31.2 Å². The molecule has 1 fully saturated rings. The summed E-state index contributed by atoms with van der Waals surface area (Å²) in [5, 5.41) is 10.0. The summed E-state index contributed by atoms with van der Waals surface area (Å²) in [5.41, 5.74) is 0.538. The molecule has 22 heavy (non-hydrogen) atoms. The number of hydrogen-bond donors (Lipinski definition) is 1. The highest BCUT2D eigenvalue weighted by Crippen LogP contribution is 2.32. The van der Waals surface area contributed by atoms with Gasteiger partial charge in [0.25, 0.3) is 6.43 Å². The van der Waals surface area contributed by atoms with Gasteiger partial charge in [0.15, 0.2) is 5.82 Å². The quantitative estimate of drug-likeness (QED) is 0.941. The van der Waals surface area contributed by atoms with Crippen molar-refractivity contribution in [2.45, 2.75) is 38.2 Å². The summed E-state index contributed by atoms with van der Waals surface area (Å²) < 4.78 is 26.2. The highest BCUT2D eigenvalue weighted by Gasteiger charge is 2.26. The number of alkyl halides is 2. The van der Waals surface area contributed by atoms with Gasteiger partial charge in [-0.25, -0.2) is 18.7 Å². The van der Waals surface area contributed by atoms with Gasteiger partial charge in [0, 0.05) is 24.6 Å². The fourth-order valence-electron chi connectivity index (χ4n) is 3.12. The van der Waals surface area contributed by atoms with Crippen LogP contribution in [0.5, 0.6) is 0 Å². The van der Waals surface area contributed by atoms with Crippen LogP contribution in [-0.2, 0) is 0 Å². The van der Waals surface area contributed by atoms with E-state index < -0.39 is 12.2 Å².